The highest BCUT2D eigenvalue weighted by atomic mass is 16.8. The molecule has 1 aliphatic heterocycles. The van der Waals surface area contributed by atoms with Crippen LogP contribution in [0.4, 0.5) is 0 Å². The highest BCUT2D eigenvalue weighted by Crippen LogP contribution is 2.22. The fraction of sp³-hybridized carbons (Fsp3) is 0.833. The molecule has 0 radical (unpaired) electrons. The van der Waals surface area contributed by atoms with Crippen molar-refractivity contribution in [2.75, 3.05) is 0 Å². The molecule has 1 fully saturated rings. The van der Waals surface area contributed by atoms with Gasteiger partial charge in [0.15, 0.2) is 6.10 Å². The monoisotopic (exact) mass is 130 g/mol. The molecule has 0 bridgehead atoms. The molecule has 0 N–H and O–H groups in total. The zero-order valence-corrected chi connectivity index (χ0v) is 5.80. The van der Waals surface area contributed by atoms with Crippen LogP contribution in [-0.4, -0.2) is 17.9 Å². The molecule has 0 spiro atoms. The Morgan fingerprint density at radius 3 is 2.22 bits per heavy atom. The third-order valence-electron chi connectivity index (χ3n) is 1.14. The summed E-state index contributed by atoms with van der Waals surface area (Å²) in [5.74, 6) is -0.990. The number of hydrogen-bond acceptors (Lipinski definition) is 3. The van der Waals surface area contributed by atoms with Gasteiger partial charge in [0.2, 0.25) is 5.79 Å². The largest absolute Gasteiger partial charge is 0.432 e. The van der Waals surface area contributed by atoms with Crippen LogP contribution in [-0.2, 0) is 14.3 Å². The van der Waals surface area contributed by atoms with Gasteiger partial charge in [0, 0.05) is 13.8 Å². The second kappa shape index (κ2) is 1.70. The molecule has 1 saturated heterocycles. The standard InChI is InChI=1S/C6H10O3/c1-4-5(7)9-6(2,3)8-4/h4H,1-3H3. The lowest BCUT2D eigenvalue weighted by Gasteiger charge is -2.13. The van der Waals surface area contributed by atoms with E-state index in [0.29, 0.717) is 0 Å². The summed E-state index contributed by atoms with van der Waals surface area (Å²) in [5.41, 5.74) is 0. The SMILES string of the molecule is CC1OC(C)(C)OC1=O. The Hall–Kier alpha value is -0.570. The van der Waals surface area contributed by atoms with Crippen molar-refractivity contribution in [1.82, 2.24) is 0 Å². The third-order valence-corrected chi connectivity index (χ3v) is 1.14. The number of carbonyl (C=O) groups excluding carboxylic acids is 1. The molecule has 1 rings (SSSR count). The summed E-state index contributed by atoms with van der Waals surface area (Å²) < 4.78 is 9.89. The van der Waals surface area contributed by atoms with Crippen LogP contribution in [0.3, 0.4) is 0 Å². The van der Waals surface area contributed by atoms with E-state index in [0.717, 1.165) is 0 Å². The molecule has 1 heterocycles. The molecule has 3 heteroatoms. The van der Waals surface area contributed by atoms with Crippen molar-refractivity contribution in [2.45, 2.75) is 32.7 Å². The Kier molecular flexibility index (Phi) is 1.24. The predicted octanol–water partition coefficient (Wildman–Crippen LogP) is 0.684. The summed E-state index contributed by atoms with van der Waals surface area (Å²) in [4.78, 5) is 10.6. The second-order valence-corrected chi connectivity index (χ2v) is 2.58. The van der Waals surface area contributed by atoms with Crippen LogP contribution in [0, 0.1) is 0 Å². The van der Waals surface area contributed by atoms with Gasteiger partial charge < -0.3 is 9.47 Å². The maximum Gasteiger partial charge on any atom is 0.337 e. The number of carbonyl (C=O) groups is 1. The number of esters is 1. The first kappa shape index (κ1) is 6.55. The van der Waals surface area contributed by atoms with Crippen molar-refractivity contribution in [3.63, 3.8) is 0 Å². The maximum atomic E-state index is 10.6. The van der Waals surface area contributed by atoms with Crippen molar-refractivity contribution in [3.05, 3.63) is 0 Å². The number of hydrogen-bond donors (Lipinski definition) is 0. The van der Waals surface area contributed by atoms with E-state index in [4.69, 9.17) is 9.47 Å². The zero-order valence-electron chi connectivity index (χ0n) is 5.80. The molecule has 0 aromatic rings. The fourth-order valence-corrected chi connectivity index (χ4v) is 0.823. The van der Waals surface area contributed by atoms with E-state index >= 15 is 0 Å². The predicted molar refractivity (Wildman–Crippen MR) is 30.7 cm³/mol. The van der Waals surface area contributed by atoms with Crippen LogP contribution in [0.2, 0.25) is 0 Å². The smallest absolute Gasteiger partial charge is 0.337 e. The van der Waals surface area contributed by atoms with Gasteiger partial charge in [0.25, 0.3) is 0 Å². The van der Waals surface area contributed by atoms with Crippen LogP contribution in [0.1, 0.15) is 20.8 Å². The van der Waals surface area contributed by atoms with Gasteiger partial charge in [-0.3, -0.25) is 0 Å². The average molecular weight is 130 g/mol. The van der Waals surface area contributed by atoms with E-state index in [1.165, 1.54) is 0 Å². The molecule has 1 unspecified atom stereocenters. The molecule has 0 aromatic carbocycles. The van der Waals surface area contributed by atoms with Crippen molar-refractivity contribution < 1.29 is 14.3 Å². The van der Waals surface area contributed by atoms with Gasteiger partial charge in [-0.2, -0.15) is 0 Å². The molecule has 3 nitrogen and oxygen atoms in total. The quantitative estimate of drug-likeness (QED) is 0.452. The third kappa shape index (κ3) is 1.21. The Balaban J connectivity index is 2.65. The summed E-state index contributed by atoms with van der Waals surface area (Å²) in [7, 11) is 0. The zero-order chi connectivity index (χ0) is 7.07. The molecule has 1 aliphatic rings. The van der Waals surface area contributed by atoms with Crippen LogP contribution < -0.4 is 0 Å². The Morgan fingerprint density at radius 2 is 2.11 bits per heavy atom. The minimum atomic E-state index is -0.712. The molecule has 1 atom stereocenters. The number of rotatable bonds is 0. The van der Waals surface area contributed by atoms with Crippen molar-refractivity contribution in [1.29, 1.82) is 0 Å². The van der Waals surface area contributed by atoms with Gasteiger partial charge in [0.1, 0.15) is 0 Å². The number of ether oxygens (including phenoxy) is 2. The number of cyclic esters (lactones) is 1. The van der Waals surface area contributed by atoms with Gasteiger partial charge in [0.05, 0.1) is 0 Å². The lowest BCUT2D eigenvalue weighted by molar-refractivity contribution is -0.160. The molecule has 0 aromatic heterocycles. The summed E-state index contributed by atoms with van der Waals surface area (Å²) in [6.45, 7) is 5.11. The first-order chi connectivity index (χ1) is 4.01. The van der Waals surface area contributed by atoms with Crippen molar-refractivity contribution in [3.8, 4) is 0 Å². The highest BCUT2D eigenvalue weighted by Gasteiger charge is 2.37. The molecule has 0 aliphatic carbocycles. The Morgan fingerprint density at radius 1 is 1.56 bits per heavy atom. The van der Waals surface area contributed by atoms with Gasteiger partial charge >= 0.3 is 5.97 Å². The maximum absolute atomic E-state index is 10.6. The topological polar surface area (TPSA) is 35.5 Å². The average Bonchev–Trinajstić information content (AvgIpc) is 1.79. The van der Waals surface area contributed by atoms with Crippen molar-refractivity contribution >= 4 is 5.97 Å². The van der Waals surface area contributed by atoms with E-state index in [-0.39, 0.29) is 5.97 Å². The molecule has 52 valence electrons. The summed E-state index contributed by atoms with van der Waals surface area (Å²) in [6.07, 6.45) is -0.403. The molecule has 9 heavy (non-hydrogen) atoms. The van der Waals surface area contributed by atoms with E-state index < -0.39 is 11.9 Å². The first-order valence-corrected chi connectivity index (χ1v) is 2.92. The Labute approximate surface area is 53.9 Å². The van der Waals surface area contributed by atoms with E-state index in [2.05, 4.69) is 0 Å². The molecule has 0 saturated carbocycles. The van der Waals surface area contributed by atoms with E-state index in [9.17, 15) is 4.79 Å². The lowest BCUT2D eigenvalue weighted by Crippen LogP contribution is -2.20. The molecular weight excluding hydrogens is 120 g/mol. The van der Waals surface area contributed by atoms with Crippen LogP contribution in [0.15, 0.2) is 0 Å². The minimum absolute atomic E-state index is 0.278. The van der Waals surface area contributed by atoms with Crippen LogP contribution >= 0.6 is 0 Å². The van der Waals surface area contributed by atoms with Crippen LogP contribution in [0.25, 0.3) is 0 Å². The first-order valence-electron chi connectivity index (χ1n) is 2.92. The summed E-state index contributed by atoms with van der Waals surface area (Å²) >= 11 is 0. The lowest BCUT2D eigenvalue weighted by atomic mass is 10.4. The van der Waals surface area contributed by atoms with E-state index in [1.54, 1.807) is 20.8 Å². The summed E-state index contributed by atoms with van der Waals surface area (Å²) in [5, 5.41) is 0. The highest BCUT2D eigenvalue weighted by molar-refractivity contribution is 5.76. The van der Waals surface area contributed by atoms with Gasteiger partial charge in [-0.25, -0.2) is 4.79 Å². The molecule has 0 amide bonds. The summed E-state index contributed by atoms with van der Waals surface area (Å²) in [6, 6.07) is 0. The van der Waals surface area contributed by atoms with Gasteiger partial charge in [-0.1, -0.05) is 0 Å². The van der Waals surface area contributed by atoms with Crippen LogP contribution in [0.5, 0.6) is 0 Å². The fourth-order valence-electron chi connectivity index (χ4n) is 0.823. The van der Waals surface area contributed by atoms with E-state index in [1.807, 2.05) is 0 Å². The molecular formula is C6H10O3. The normalized spacial score (nSPS) is 32.3. The van der Waals surface area contributed by atoms with Gasteiger partial charge in [-0.05, 0) is 6.92 Å². The second-order valence-electron chi connectivity index (χ2n) is 2.58. The minimum Gasteiger partial charge on any atom is -0.432 e. The van der Waals surface area contributed by atoms with Gasteiger partial charge in [-0.15, -0.1) is 0 Å². The Bertz CT molecular complexity index is 139. The van der Waals surface area contributed by atoms with Crippen molar-refractivity contribution in [2.24, 2.45) is 0 Å².